The number of hydrogen-bond acceptors (Lipinski definition) is 3. The molecule has 0 aromatic rings. The molecule has 0 radical (unpaired) electrons. The molecule has 1 unspecified atom stereocenters. The number of carbonyl (C=O) groups is 1. The zero-order chi connectivity index (χ0) is 16.9. The van der Waals surface area contributed by atoms with Crippen molar-refractivity contribution in [2.45, 2.75) is 46.0 Å². The molecule has 1 amide bonds. The van der Waals surface area contributed by atoms with Gasteiger partial charge in [0.05, 0.1) is 0 Å². The number of unbranched alkanes of at least 4 members (excludes halogenated alkanes) is 1. The fraction of sp³-hybridized carbons (Fsp3) is 0.882. The molecule has 7 heteroatoms. The Kier molecular flexibility index (Phi) is 15.0. The minimum atomic E-state index is 0. The predicted octanol–water partition coefficient (Wildman–Crippen LogP) is 2.95. The molecule has 1 aliphatic heterocycles. The molecule has 5 nitrogen and oxygen atoms in total. The molecule has 1 aliphatic rings. The highest BCUT2D eigenvalue weighted by Gasteiger charge is 2.20. The Morgan fingerprint density at radius 2 is 2.12 bits per heavy atom. The monoisotopic (exact) mass is 470 g/mol. The standard InChI is InChI=1S/C17H34N4OS.HI/c1-4-18-17(19-10-5-6-13-23-3)20-11-9-16(22)21-12-7-8-15(2)14-21;/h15H,4-14H2,1-3H3,(H2,18,19,20);1H. The number of guanidine groups is 1. The Morgan fingerprint density at radius 1 is 1.33 bits per heavy atom. The molecule has 1 heterocycles. The van der Waals surface area contributed by atoms with Gasteiger partial charge in [-0.1, -0.05) is 6.92 Å². The third kappa shape index (κ3) is 10.6. The Balaban J connectivity index is 0.00000529. The van der Waals surface area contributed by atoms with Gasteiger partial charge in [-0.15, -0.1) is 24.0 Å². The van der Waals surface area contributed by atoms with Crippen LogP contribution >= 0.6 is 35.7 Å². The topological polar surface area (TPSA) is 56.7 Å². The van der Waals surface area contributed by atoms with Crippen LogP contribution in [-0.4, -0.2) is 61.5 Å². The van der Waals surface area contributed by atoms with E-state index in [1.807, 2.05) is 16.7 Å². The van der Waals surface area contributed by atoms with Gasteiger partial charge in [-0.2, -0.15) is 11.8 Å². The van der Waals surface area contributed by atoms with E-state index in [1.165, 1.54) is 18.6 Å². The van der Waals surface area contributed by atoms with Gasteiger partial charge in [0, 0.05) is 39.1 Å². The third-order valence-corrected chi connectivity index (χ3v) is 4.71. The summed E-state index contributed by atoms with van der Waals surface area (Å²) < 4.78 is 0. The molecule has 0 aromatic heterocycles. The quantitative estimate of drug-likeness (QED) is 0.236. The molecule has 1 atom stereocenters. The Hall–Kier alpha value is -0.180. The van der Waals surface area contributed by atoms with Crippen LogP contribution in [0.1, 0.15) is 46.0 Å². The molecular weight excluding hydrogens is 435 g/mol. The van der Waals surface area contributed by atoms with Crippen molar-refractivity contribution in [2.75, 3.05) is 44.7 Å². The summed E-state index contributed by atoms with van der Waals surface area (Å²) in [7, 11) is 0. The number of thioether (sulfide) groups is 1. The number of hydrogen-bond donors (Lipinski definition) is 2. The van der Waals surface area contributed by atoms with Gasteiger partial charge < -0.3 is 15.5 Å². The minimum absolute atomic E-state index is 0. The molecule has 1 fully saturated rings. The average molecular weight is 470 g/mol. The van der Waals surface area contributed by atoms with Gasteiger partial charge >= 0.3 is 0 Å². The van der Waals surface area contributed by atoms with E-state index >= 15 is 0 Å². The lowest BCUT2D eigenvalue weighted by atomic mass is 10.00. The van der Waals surface area contributed by atoms with Crippen LogP contribution in [0.4, 0.5) is 0 Å². The second kappa shape index (κ2) is 15.1. The van der Waals surface area contributed by atoms with E-state index in [0.29, 0.717) is 18.9 Å². The molecule has 0 saturated carbocycles. The van der Waals surface area contributed by atoms with Crippen molar-refractivity contribution in [3.63, 3.8) is 0 Å². The fourth-order valence-electron chi connectivity index (χ4n) is 2.75. The van der Waals surface area contributed by atoms with Crippen LogP contribution in [0.2, 0.25) is 0 Å². The molecule has 24 heavy (non-hydrogen) atoms. The summed E-state index contributed by atoms with van der Waals surface area (Å²) in [6.07, 6.45) is 7.38. The number of piperidine rings is 1. The highest BCUT2D eigenvalue weighted by atomic mass is 127. The van der Waals surface area contributed by atoms with E-state index in [9.17, 15) is 4.79 Å². The van der Waals surface area contributed by atoms with Crippen molar-refractivity contribution < 1.29 is 4.79 Å². The van der Waals surface area contributed by atoms with Crippen LogP contribution in [-0.2, 0) is 4.79 Å². The van der Waals surface area contributed by atoms with Crippen molar-refractivity contribution in [1.29, 1.82) is 0 Å². The van der Waals surface area contributed by atoms with E-state index in [1.54, 1.807) is 0 Å². The molecule has 142 valence electrons. The molecule has 0 spiro atoms. The highest BCUT2D eigenvalue weighted by molar-refractivity contribution is 14.0. The molecule has 1 rings (SSSR count). The summed E-state index contributed by atoms with van der Waals surface area (Å²) in [4.78, 5) is 18.8. The van der Waals surface area contributed by atoms with Gasteiger partial charge in [0.2, 0.25) is 5.91 Å². The minimum Gasteiger partial charge on any atom is -0.357 e. The number of rotatable bonds is 9. The van der Waals surface area contributed by atoms with E-state index in [-0.39, 0.29) is 29.9 Å². The normalized spacial score (nSPS) is 18.0. The summed E-state index contributed by atoms with van der Waals surface area (Å²) in [6, 6.07) is 0. The maximum atomic E-state index is 12.2. The van der Waals surface area contributed by atoms with Crippen molar-refractivity contribution in [3.05, 3.63) is 0 Å². The molecule has 0 bridgehead atoms. The van der Waals surface area contributed by atoms with Gasteiger partial charge in [-0.25, -0.2) is 0 Å². The first-order chi connectivity index (χ1) is 11.2. The van der Waals surface area contributed by atoms with E-state index in [0.717, 1.165) is 45.0 Å². The first-order valence-electron chi connectivity index (χ1n) is 8.96. The number of nitrogens with one attached hydrogen (secondary N) is 2. The largest absolute Gasteiger partial charge is 0.357 e. The first kappa shape index (κ1) is 23.8. The number of amides is 1. The van der Waals surface area contributed by atoms with Crippen LogP contribution in [0.3, 0.4) is 0 Å². The lowest BCUT2D eigenvalue weighted by Gasteiger charge is -2.31. The Bertz CT molecular complexity index is 368. The lowest BCUT2D eigenvalue weighted by molar-refractivity contribution is -0.132. The first-order valence-corrected chi connectivity index (χ1v) is 10.4. The maximum Gasteiger partial charge on any atom is 0.224 e. The SMILES string of the molecule is CCNC(=NCCCCSC)NCCC(=O)N1CCCC(C)C1.I. The van der Waals surface area contributed by atoms with Crippen LogP contribution < -0.4 is 10.6 Å². The zero-order valence-corrected chi connectivity index (χ0v) is 18.6. The van der Waals surface area contributed by atoms with E-state index in [2.05, 4.69) is 35.7 Å². The number of likely N-dealkylation sites (tertiary alicyclic amines) is 1. The van der Waals surface area contributed by atoms with Crippen molar-refractivity contribution in [1.82, 2.24) is 15.5 Å². The highest BCUT2D eigenvalue weighted by Crippen LogP contribution is 2.15. The van der Waals surface area contributed by atoms with Gasteiger partial charge in [0.25, 0.3) is 0 Å². The number of aliphatic imine (C=N–C) groups is 1. The average Bonchev–Trinajstić information content (AvgIpc) is 2.54. The van der Waals surface area contributed by atoms with E-state index in [4.69, 9.17) is 0 Å². The fourth-order valence-corrected chi connectivity index (χ4v) is 3.25. The summed E-state index contributed by atoms with van der Waals surface area (Å²) >= 11 is 1.88. The number of halogens is 1. The van der Waals surface area contributed by atoms with Gasteiger partial charge in [-0.3, -0.25) is 9.79 Å². The maximum absolute atomic E-state index is 12.2. The zero-order valence-electron chi connectivity index (χ0n) is 15.5. The van der Waals surface area contributed by atoms with E-state index < -0.39 is 0 Å². The molecule has 0 aliphatic carbocycles. The summed E-state index contributed by atoms with van der Waals surface area (Å²) in [5.74, 6) is 2.93. The summed E-state index contributed by atoms with van der Waals surface area (Å²) in [5, 5.41) is 6.52. The summed E-state index contributed by atoms with van der Waals surface area (Å²) in [5.41, 5.74) is 0. The molecular formula is C17H35IN4OS. The lowest BCUT2D eigenvalue weighted by Crippen LogP contribution is -2.42. The van der Waals surface area contributed by atoms with Crippen molar-refractivity contribution in [3.8, 4) is 0 Å². The van der Waals surface area contributed by atoms with Crippen LogP contribution in [0.5, 0.6) is 0 Å². The third-order valence-electron chi connectivity index (χ3n) is 4.01. The van der Waals surface area contributed by atoms with Crippen LogP contribution in [0.25, 0.3) is 0 Å². The second-order valence-electron chi connectivity index (χ2n) is 6.22. The molecule has 0 aromatic carbocycles. The Labute approximate surface area is 169 Å². The molecule has 1 saturated heterocycles. The van der Waals surface area contributed by atoms with Crippen LogP contribution in [0, 0.1) is 5.92 Å². The Morgan fingerprint density at radius 3 is 2.79 bits per heavy atom. The molecule has 2 N–H and O–H groups in total. The predicted molar refractivity (Wildman–Crippen MR) is 117 cm³/mol. The van der Waals surface area contributed by atoms with Gasteiger partial charge in [0.15, 0.2) is 5.96 Å². The summed E-state index contributed by atoms with van der Waals surface area (Å²) in [6.45, 7) is 8.47. The van der Waals surface area contributed by atoms with Crippen molar-refractivity contribution in [2.24, 2.45) is 10.9 Å². The number of nitrogens with zero attached hydrogens (tertiary/aromatic N) is 2. The van der Waals surface area contributed by atoms with Gasteiger partial charge in [0.1, 0.15) is 0 Å². The van der Waals surface area contributed by atoms with Gasteiger partial charge in [-0.05, 0) is 50.5 Å². The smallest absolute Gasteiger partial charge is 0.224 e. The second-order valence-corrected chi connectivity index (χ2v) is 7.21. The number of carbonyl (C=O) groups excluding carboxylic acids is 1. The van der Waals surface area contributed by atoms with Crippen molar-refractivity contribution >= 4 is 47.6 Å². The van der Waals surface area contributed by atoms with Crippen LogP contribution in [0.15, 0.2) is 4.99 Å².